The number of nitrogens with zero attached hydrogens (tertiary/aromatic N) is 2. The highest BCUT2D eigenvalue weighted by Gasteiger charge is 2.24. The Bertz CT molecular complexity index is 877. The van der Waals surface area contributed by atoms with Crippen molar-refractivity contribution in [2.45, 2.75) is 44.4 Å². The lowest BCUT2D eigenvalue weighted by Gasteiger charge is -2.30. The van der Waals surface area contributed by atoms with E-state index in [0.717, 1.165) is 40.6 Å². The zero-order chi connectivity index (χ0) is 20.6. The van der Waals surface area contributed by atoms with Gasteiger partial charge in [-0.05, 0) is 59.9 Å². The van der Waals surface area contributed by atoms with Crippen molar-refractivity contribution in [3.8, 4) is 11.9 Å². The Morgan fingerprint density at radius 2 is 1.93 bits per heavy atom. The zero-order valence-corrected chi connectivity index (χ0v) is 18.3. The van der Waals surface area contributed by atoms with Crippen LogP contribution in [0.15, 0.2) is 36.4 Å². The molecule has 1 aromatic carbocycles. The third-order valence-corrected chi connectivity index (χ3v) is 5.68. The molecule has 2 aromatic rings. The lowest BCUT2D eigenvalue weighted by atomic mass is 9.91. The molecule has 0 bridgehead atoms. The van der Waals surface area contributed by atoms with Crippen LogP contribution in [0.2, 0.25) is 0 Å². The van der Waals surface area contributed by atoms with Crippen LogP contribution < -0.4 is 15.4 Å². The van der Waals surface area contributed by atoms with E-state index >= 15 is 0 Å². The molecule has 8 heteroatoms. The molecule has 0 unspecified atom stereocenters. The van der Waals surface area contributed by atoms with Gasteiger partial charge >= 0.3 is 6.09 Å². The van der Waals surface area contributed by atoms with E-state index in [9.17, 15) is 4.79 Å². The molecule has 1 aliphatic carbocycles. The van der Waals surface area contributed by atoms with E-state index in [4.69, 9.17) is 14.7 Å². The van der Waals surface area contributed by atoms with Crippen molar-refractivity contribution in [2.24, 2.45) is 0 Å². The molecule has 1 fully saturated rings. The number of alkyl carbamates (subject to hydrolysis) is 1. The van der Waals surface area contributed by atoms with Crippen LogP contribution in [0.25, 0.3) is 0 Å². The fourth-order valence-electron chi connectivity index (χ4n) is 3.32. The Labute approximate surface area is 183 Å². The van der Waals surface area contributed by atoms with Crippen molar-refractivity contribution in [1.82, 2.24) is 10.3 Å². The molecule has 1 aliphatic rings. The summed E-state index contributed by atoms with van der Waals surface area (Å²) in [6, 6.07) is 13.9. The Morgan fingerprint density at radius 1 is 1.24 bits per heavy atom. The summed E-state index contributed by atoms with van der Waals surface area (Å²) in [4.78, 5) is 16.5. The topological polar surface area (TPSA) is 96.3 Å². The van der Waals surface area contributed by atoms with Gasteiger partial charge in [-0.2, -0.15) is 10.2 Å². The predicted molar refractivity (Wildman–Crippen MR) is 118 cm³/mol. The summed E-state index contributed by atoms with van der Waals surface area (Å²) < 4.78 is 11.4. The highest BCUT2D eigenvalue weighted by Crippen LogP contribution is 2.27. The Kier molecular flexibility index (Phi) is 7.52. The molecule has 1 aromatic heterocycles. The average Bonchev–Trinajstić information content (AvgIpc) is 2.75. The lowest BCUT2D eigenvalue weighted by molar-refractivity contribution is 0.132. The number of anilines is 1. The first-order valence-electron chi connectivity index (χ1n) is 9.47. The molecule has 29 heavy (non-hydrogen) atoms. The van der Waals surface area contributed by atoms with Crippen molar-refractivity contribution in [3.05, 3.63) is 51.1 Å². The normalized spacial score (nSPS) is 18.4. The van der Waals surface area contributed by atoms with E-state index in [-0.39, 0.29) is 24.8 Å². The zero-order valence-electron chi connectivity index (χ0n) is 16.2. The molecule has 7 nitrogen and oxygen atoms in total. The van der Waals surface area contributed by atoms with Crippen LogP contribution in [0.3, 0.4) is 0 Å². The number of rotatable bonds is 6. The molecular formula is C21H23IN4O3. The summed E-state index contributed by atoms with van der Waals surface area (Å²) in [6.07, 6.45) is 3.16. The van der Waals surface area contributed by atoms with Crippen LogP contribution in [0, 0.1) is 14.9 Å². The van der Waals surface area contributed by atoms with Crippen molar-refractivity contribution in [1.29, 1.82) is 5.26 Å². The summed E-state index contributed by atoms with van der Waals surface area (Å²) in [5, 5.41) is 15.6. The molecule has 152 valence electrons. The molecule has 0 spiro atoms. The average molecular weight is 506 g/mol. The van der Waals surface area contributed by atoms with Gasteiger partial charge in [0.25, 0.3) is 0 Å². The van der Waals surface area contributed by atoms with E-state index < -0.39 is 0 Å². The van der Waals surface area contributed by atoms with E-state index in [1.54, 1.807) is 6.07 Å². The first-order valence-corrected chi connectivity index (χ1v) is 10.5. The maximum absolute atomic E-state index is 12.0. The minimum Gasteiger partial charge on any atom is -0.480 e. The first-order chi connectivity index (χ1) is 14.1. The smallest absolute Gasteiger partial charge is 0.407 e. The number of nitriles is 1. The van der Waals surface area contributed by atoms with Crippen LogP contribution in [0.4, 0.5) is 10.6 Å². The molecule has 1 saturated carbocycles. The number of hydrogen-bond acceptors (Lipinski definition) is 6. The number of amides is 1. The highest BCUT2D eigenvalue weighted by molar-refractivity contribution is 14.1. The van der Waals surface area contributed by atoms with Gasteiger partial charge in [0.1, 0.15) is 24.1 Å². The van der Waals surface area contributed by atoms with Crippen LogP contribution in [-0.4, -0.2) is 30.3 Å². The summed E-state index contributed by atoms with van der Waals surface area (Å²) in [5.41, 5.74) is 1.39. The fraction of sp³-hybridized carbons (Fsp3) is 0.381. The second-order valence-electron chi connectivity index (χ2n) is 6.89. The van der Waals surface area contributed by atoms with Crippen LogP contribution in [0.5, 0.6) is 5.88 Å². The summed E-state index contributed by atoms with van der Waals surface area (Å²) in [7, 11) is 1.51. The van der Waals surface area contributed by atoms with Crippen LogP contribution >= 0.6 is 22.6 Å². The Morgan fingerprint density at radius 3 is 2.59 bits per heavy atom. The maximum atomic E-state index is 12.0. The number of nitrogens with one attached hydrogen (secondary N) is 2. The van der Waals surface area contributed by atoms with Gasteiger partial charge in [-0.3, -0.25) is 0 Å². The quantitative estimate of drug-likeness (QED) is 0.570. The van der Waals surface area contributed by atoms with E-state index in [1.165, 1.54) is 7.11 Å². The van der Waals surface area contributed by atoms with E-state index in [0.29, 0.717) is 11.4 Å². The summed E-state index contributed by atoms with van der Waals surface area (Å²) in [6.45, 7) is 0.272. The van der Waals surface area contributed by atoms with Gasteiger partial charge in [-0.15, -0.1) is 0 Å². The standard InChI is InChI=1S/C21H23IN4O3/c1-28-20-15(12-23)11-18(22)19(26-20)24-16-7-9-17(10-8-16)25-21(27)29-13-14-5-3-2-4-6-14/h2-6,11,16-17H,7-10,13H2,1H3,(H,24,26)(H,25,27). The summed E-state index contributed by atoms with van der Waals surface area (Å²) in [5.74, 6) is 1.05. The number of halogens is 1. The largest absolute Gasteiger partial charge is 0.480 e. The number of aromatic nitrogens is 1. The maximum Gasteiger partial charge on any atom is 0.407 e. The molecule has 3 rings (SSSR count). The Hall–Kier alpha value is -2.54. The van der Waals surface area contributed by atoms with Gasteiger partial charge in [0, 0.05) is 12.1 Å². The molecule has 0 saturated heterocycles. The molecule has 0 aliphatic heterocycles. The van der Waals surface area contributed by atoms with Gasteiger partial charge < -0.3 is 20.1 Å². The van der Waals surface area contributed by atoms with Crippen LogP contribution in [-0.2, 0) is 11.3 Å². The molecule has 1 heterocycles. The third-order valence-electron chi connectivity index (χ3n) is 4.86. The number of pyridine rings is 1. The number of ether oxygens (including phenoxy) is 2. The van der Waals surface area contributed by atoms with Gasteiger partial charge in [0.15, 0.2) is 0 Å². The first kappa shape index (κ1) is 21.2. The predicted octanol–water partition coefficient (Wildman–Crippen LogP) is 4.22. The van der Waals surface area contributed by atoms with Gasteiger partial charge in [-0.1, -0.05) is 30.3 Å². The molecule has 1 amide bonds. The minimum absolute atomic E-state index is 0.110. The number of benzene rings is 1. The van der Waals surface area contributed by atoms with E-state index in [1.807, 2.05) is 30.3 Å². The molecule has 0 radical (unpaired) electrons. The number of hydrogen-bond donors (Lipinski definition) is 2. The SMILES string of the molecule is COc1nc(NC2CCC(NC(=O)OCc3ccccc3)CC2)c(I)cc1C#N. The van der Waals surface area contributed by atoms with Crippen molar-refractivity contribution >= 4 is 34.5 Å². The molecule has 2 N–H and O–H groups in total. The fourth-order valence-corrected chi connectivity index (χ4v) is 3.90. The Balaban J connectivity index is 1.46. The second kappa shape index (κ2) is 10.3. The number of carbonyl (C=O) groups is 1. The van der Waals surface area contributed by atoms with Crippen molar-refractivity contribution in [2.75, 3.05) is 12.4 Å². The van der Waals surface area contributed by atoms with Crippen LogP contribution in [0.1, 0.15) is 36.8 Å². The van der Waals surface area contributed by atoms with Gasteiger partial charge in [-0.25, -0.2) is 4.79 Å². The van der Waals surface area contributed by atoms with Gasteiger partial charge in [0.2, 0.25) is 5.88 Å². The summed E-state index contributed by atoms with van der Waals surface area (Å²) >= 11 is 2.17. The lowest BCUT2D eigenvalue weighted by Crippen LogP contribution is -2.40. The highest BCUT2D eigenvalue weighted by atomic mass is 127. The number of carbonyl (C=O) groups excluding carboxylic acids is 1. The second-order valence-corrected chi connectivity index (χ2v) is 8.05. The van der Waals surface area contributed by atoms with Crippen molar-refractivity contribution in [3.63, 3.8) is 0 Å². The molecular weight excluding hydrogens is 483 g/mol. The minimum atomic E-state index is -0.377. The molecule has 0 atom stereocenters. The van der Waals surface area contributed by atoms with Gasteiger partial charge in [0.05, 0.1) is 10.7 Å². The third kappa shape index (κ3) is 5.97. The number of methoxy groups -OCH3 is 1. The monoisotopic (exact) mass is 506 g/mol. The van der Waals surface area contributed by atoms with Crippen molar-refractivity contribution < 1.29 is 14.3 Å². The van der Waals surface area contributed by atoms with E-state index in [2.05, 4.69) is 44.3 Å².